The molecule has 5 heteroatoms. The molecule has 2 rings (SSSR count). The van der Waals surface area contributed by atoms with Crippen LogP contribution in [0.3, 0.4) is 0 Å². The van der Waals surface area contributed by atoms with Gasteiger partial charge in [-0.3, -0.25) is 0 Å². The summed E-state index contributed by atoms with van der Waals surface area (Å²) in [6.07, 6.45) is 1.66. The van der Waals surface area contributed by atoms with Crippen molar-refractivity contribution in [2.75, 3.05) is 14.2 Å². The van der Waals surface area contributed by atoms with Gasteiger partial charge >= 0.3 is 5.63 Å². The molecular weight excluding hydrogens is 234 g/mol. The summed E-state index contributed by atoms with van der Waals surface area (Å²) in [7, 11) is 3.12. The average Bonchev–Trinajstić information content (AvgIpc) is 2.67. The summed E-state index contributed by atoms with van der Waals surface area (Å²) >= 11 is 0. The number of rotatable bonds is 3. The van der Waals surface area contributed by atoms with E-state index in [2.05, 4.69) is 11.6 Å². The van der Waals surface area contributed by atoms with Crippen LogP contribution in [0.4, 0.5) is 0 Å². The second-order valence-corrected chi connectivity index (χ2v) is 3.61. The standard InChI is InChI=1S/C13H13NO4/c1-8-14-10(13(15)18-8)6-9-4-5-11(16-2)12(7-9)17-3/h4-7,14H,1H2,2-3H3. The maximum Gasteiger partial charge on any atom is 0.361 e. The minimum absolute atomic E-state index is 0.228. The summed E-state index contributed by atoms with van der Waals surface area (Å²) in [4.78, 5) is 14.1. The number of benzene rings is 1. The first kappa shape index (κ1) is 12.0. The van der Waals surface area contributed by atoms with E-state index >= 15 is 0 Å². The van der Waals surface area contributed by atoms with Crippen LogP contribution in [0.15, 0.2) is 27.4 Å². The highest BCUT2D eigenvalue weighted by Crippen LogP contribution is 2.27. The largest absolute Gasteiger partial charge is 0.493 e. The van der Waals surface area contributed by atoms with Crippen molar-refractivity contribution in [3.8, 4) is 11.5 Å². The Morgan fingerprint density at radius 2 is 2.00 bits per heavy atom. The van der Waals surface area contributed by atoms with Gasteiger partial charge in [0.1, 0.15) is 5.35 Å². The molecule has 0 saturated carbocycles. The maximum atomic E-state index is 11.4. The SMILES string of the molecule is C=c1[nH]c(=Cc2ccc(OC)c(OC)c2)c(=O)o1. The van der Waals surface area contributed by atoms with Crippen LogP contribution < -0.4 is 26.0 Å². The van der Waals surface area contributed by atoms with E-state index in [1.807, 2.05) is 6.07 Å². The first-order chi connectivity index (χ1) is 8.63. The van der Waals surface area contributed by atoms with Crippen molar-refractivity contribution in [1.82, 2.24) is 4.98 Å². The van der Waals surface area contributed by atoms with Crippen molar-refractivity contribution in [3.63, 3.8) is 0 Å². The van der Waals surface area contributed by atoms with Gasteiger partial charge in [0.05, 0.1) is 14.2 Å². The highest BCUT2D eigenvalue weighted by atomic mass is 16.5. The summed E-state index contributed by atoms with van der Waals surface area (Å²) in [6, 6.07) is 5.34. The minimum atomic E-state index is -0.449. The third-order valence-electron chi connectivity index (χ3n) is 2.43. The number of ether oxygens (including phenoxy) is 2. The fraction of sp³-hybridized carbons (Fsp3) is 0.154. The number of aromatic amines is 1. The molecule has 1 aromatic carbocycles. The minimum Gasteiger partial charge on any atom is -0.493 e. The van der Waals surface area contributed by atoms with Crippen LogP contribution in [0.2, 0.25) is 0 Å². The normalized spacial score (nSPS) is 11.6. The summed E-state index contributed by atoms with van der Waals surface area (Å²) in [5.74, 6) is 1.23. The van der Waals surface area contributed by atoms with Crippen LogP contribution >= 0.6 is 0 Å². The fourth-order valence-corrected chi connectivity index (χ4v) is 1.60. The molecule has 0 unspecified atom stereocenters. The van der Waals surface area contributed by atoms with Crippen molar-refractivity contribution >= 4 is 12.7 Å². The highest BCUT2D eigenvalue weighted by Gasteiger charge is 2.03. The molecule has 1 N–H and O–H groups in total. The number of methoxy groups -OCH3 is 2. The van der Waals surface area contributed by atoms with E-state index in [1.54, 1.807) is 32.4 Å². The Bertz CT molecular complexity index is 711. The Morgan fingerprint density at radius 1 is 1.28 bits per heavy atom. The van der Waals surface area contributed by atoms with E-state index in [9.17, 15) is 4.79 Å². The van der Waals surface area contributed by atoms with Gasteiger partial charge in [-0.25, -0.2) is 4.79 Å². The fourth-order valence-electron chi connectivity index (χ4n) is 1.60. The maximum absolute atomic E-state index is 11.4. The van der Waals surface area contributed by atoms with Crippen molar-refractivity contribution in [2.45, 2.75) is 0 Å². The quantitative estimate of drug-likeness (QED) is 0.843. The summed E-state index contributed by atoms with van der Waals surface area (Å²) < 4.78 is 15.1. The van der Waals surface area contributed by atoms with Crippen molar-refractivity contribution in [3.05, 3.63) is 45.1 Å². The predicted octanol–water partition coefficient (Wildman–Crippen LogP) is 0.224. The summed E-state index contributed by atoms with van der Waals surface area (Å²) in [5.41, 5.74) is 0.573. The molecule has 0 radical (unpaired) electrons. The Hall–Kier alpha value is -2.43. The molecule has 18 heavy (non-hydrogen) atoms. The monoisotopic (exact) mass is 247 g/mol. The average molecular weight is 247 g/mol. The summed E-state index contributed by atoms with van der Waals surface area (Å²) in [5, 5.41) is 0.340. The van der Waals surface area contributed by atoms with Gasteiger partial charge in [0, 0.05) is 0 Å². The van der Waals surface area contributed by atoms with Crippen LogP contribution in [0, 0.1) is 0 Å². The van der Waals surface area contributed by atoms with Gasteiger partial charge in [-0.1, -0.05) is 6.07 Å². The highest BCUT2D eigenvalue weighted by molar-refractivity contribution is 5.55. The van der Waals surface area contributed by atoms with E-state index in [1.165, 1.54) is 0 Å². The third-order valence-corrected chi connectivity index (χ3v) is 2.43. The summed E-state index contributed by atoms with van der Waals surface area (Å²) in [6.45, 7) is 3.52. The second-order valence-electron chi connectivity index (χ2n) is 3.61. The molecule has 0 aliphatic carbocycles. The molecule has 0 amide bonds. The van der Waals surface area contributed by atoms with Crippen LogP contribution in [-0.4, -0.2) is 19.2 Å². The van der Waals surface area contributed by atoms with Gasteiger partial charge in [0.25, 0.3) is 0 Å². The first-order valence-corrected chi connectivity index (χ1v) is 5.26. The lowest BCUT2D eigenvalue weighted by Gasteiger charge is -2.07. The molecule has 94 valence electrons. The van der Waals surface area contributed by atoms with Gasteiger partial charge in [-0.05, 0) is 30.4 Å². The smallest absolute Gasteiger partial charge is 0.361 e. The van der Waals surface area contributed by atoms with E-state index < -0.39 is 5.63 Å². The molecule has 0 spiro atoms. The van der Waals surface area contributed by atoms with Crippen LogP contribution in [0.5, 0.6) is 11.5 Å². The number of aromatic nitrogens is 1. The Balaban J connectivity index is 2.53. The molecule has 1 heterocycles. The Kier molecular flexibility index (Phi) is 3.23. The van der Waals surface area contributed by atoms with Crippen molar-refractivity contribution in [2.24, 2.45) is 0 Å². The van der Waals surface area contributed by atoms with Gasteiger partial charge in [0.15, 0.2) is 17.0 Å². The van der Waals surface area contributed by atoms with Gasteiger partial charge in [0.2, 0.25) is 0 Å². The first-order valence-electron chi connectivity index (χ1n) is 5.26. The molecule has 0 saturated heterocycles. The zero-order chi connectivity index (χ0) is 13.1. The lowest BCUT2D eigenvalue weighted by Crippen LogP contribution is -2.21. The second kappa shape index (κ2) is 4.83. The molecule has 0 aliphatic rings. The number of H-pyrrole nitrogens is 1. The van der Waals surface area contributed by atoms with E-state index in [4.69, 9.17) is 13.9 Å². The third kappa shape index (κ3) is 2.29. The molecule has 2 aromatic rings. The molecule has 5 nitrogen and oxygen atoms in total. The van der Waals surface area contributed by atoms with Crippen LogP contribution in [-0.2, 0) is 0 Å². The van der Waals surface area contributed by atoms with Crippen LogP contribution in [0.25, 0.3) is 12.7 Å². The van der Waals surface area contributed by atoms with Crippen molar-refractivity contribution < 1.29 is 13.9 Å². The van der Waals surface area contributed by atoms with Gasteiger partial charge in [-0.2, -0.15) is 0 Å². The number of hydrogen-bond acceptors (Lipinski definition) is 4. The molecule has 0 fully saturated rings. The zero-order valence-corrected chi connectivity index (χ0v) is 10.1. The van der Waals surface area contributed by atoms with Crippen molar-refractivity contribution in [1.29, 1.82) is 0 Å². The van der Waals surface area contributed by atoms with E-state index in [-0.39, 0.29) is 5.55 Å². The molecule has 0 aliphatic heterocycles. The molecule has 0 bridgehead atoms. The Labute approximate surface area is 103 Å². The molecule has 0 atom stereocenters. The van der Waals surface area contributed by atoms with E-state index in [0.717, 1.165) is 5.56 Å². The number of oxazole rings is 1. The Morgan fingerprint density at radius 3 is 2.56 bits per heavy atom. The molecule has 1 aromatic heterocycles. The van der Waals surface area contributed by atoms with E-state index in [0.29, 0.717) is 16.8 Å². The number of nitrogens with one attached hydrogen (secondary N) is 1. The number of hydrogen-bond donors (Lipinski definition) is 1. The lowest BCUT2D eigenvalue weighted by molar-refractivity contribution is 0.355. The van der Waals surface area contributed by atoms with Gasteiger partial charge in [-0.15, -0.1) is 0 Å². The lowest BCUT2D eigenvalue weighted by atomic mass is 10.2. The molecular formula is C13H13NO4. The zero-order valence-electron chi connectivity index (χ0n) is 10.1. The topological polar surface area (TPSA) is 64.5 Å². The predicted molar refractivity (Wildman–Crippen MR) is 67.2 cm³/mol. The van der Waals surface area contributed by atoms with Gasteiger partial charge < -0.3 is 18.9 Å². The van der Waals surface area contributed by atoms with Crippen LogP contribution in [0.1, 0.15) is 5.56 Å².